The first-order valence-corrected chi connectivity index (χ1v) is 17.6. The first kappa shape index (κ1) is 28.5. The maximum Gasteiger partial charge on any atom is 0.219 e. The molecule has 0 bridgehead atoms. The van der Waals surface area contributed by atoms with Gasteiger partial charge in [-0.1, -0.05) is 84.9 Å². The van der Waals surface area contributed by atoms with Crippen molar-refractivity contribution in [1.82, 2.24) is 9.97 Å². The van der Waals surface area contributed by atoms with Crippen molar-refractivity contribution in [3.05, 3.63) is 162 Å². The van der Waals surface area contributed by atoms with Gasteiger partial charge in [0.2, 0.25) is 5.88 Å². The van der Waals surface area contributed by atoms with Gasteiger partial charge in [-0.05, 0) is 105 Å². The molecule has 0 aliphatic rings. The summed E-state index contributed by atoms with van der Waals surface area (Å²) >= 11 is 3.48. The maximum absolute atomic E-state index is 6.72. The molecule has 0 fully saturated rings. The fraction of sp³-hybridized carbons (Fsp3) is 0. The molecule has 0 unspecified atom stereocenters. The summed E-state index contributed by atoms with van der Waals surface area (Å²) in [5.41, 5.74) is 10.9. The van der Waals surface area contributed by atoms with Crippen LogP contribution in [0.25, 0.3) is 76.2 Å². The van der Waals surface area contributed by atoms with Crippen LogP contribution < -0.4 is 4.74 Å². The predicted octanol–water partition coefficient (Wildman–Crippen LogP) is 13.0. The van der Waals surface area contributed by atoms with Gasteiger partial charge in [0.05, 0.1) is 11.2 Å². The number of hydrogen-bond acceptors (Lipinski definition) is 4. The Morgan fingerprint density at radius 2 is 1.10 bits per heavy atom. The molecule has 1 N–H and O–H groups in total. The number of ether oxygens (including phenoxy) is 1. The van der Waals surface area contributed by atoms with Gasteiger partial charge in [0.1, 0.15) is 0 Å². The molecule has 9 aromatic rings. The Hall–Kier alpha value is -5.75. The Labute approximate surface area is 286 Å². The fourth-order valence-electron chi connectivity index (χ4n) is 6.34. The van der Waals surface area contributed by atoms with E-state index in [2.05, 4.69) is 143 Å². The van der Waals surface area contributed by atoms with E-state index in [9.17, 15) is 0 Å². The topological polar surface area (TPSA) is 37.9 Å². The molecule has 228 valence electrons. The van der Waals surface area contributed by atoms with Crippen molar-refractivity contribution in [2.75, 3.05) is 0 Å². The van der Waals surface area contributed by atoms with E-state index in [0.717, 1.165) is 61.2 Å². The van der Waals surface area contributed by atoms with E-state index >= 15 is 0 Å². The van der Waals surface area contributed by atoms with Crippen LogP contribution in [0.1, 0.15) is 0 Å². The Morgan fingerprint density at radius 1 is 0.458 bits per heavy atom. The van der Waals surface area contributed by atoms with Crippen LogP contribution >= 0.6 is 22.7 Å². The van der Waals surface area contributed by atoms with Gasteiger partial charge in [0.25, 0.3) is 0 Å². The second-order valence-corrected chi connectivity index (χ2v) is 13.6. The first-order chi connectivity index (χ1) is 23.7. The van der Waals surface area contributed by atoms with Crippen molar-refractivity contribution in [1.29, 1.82) is 0 Å². The molecule has 9 rings (SSSR count). The van der Waals surface area contributed by atoms with E-state index < -0.39 is 0 Å². The van der Waals surface area contributed by atoms with Gasteiger partial charge in [-0.2, -0.15) is 0 Å². The largest absolute Gasteiger partial charge is 0.437 e. The monoisotopic (exact) mass is 652 g/mol. The molecule has 0 radical (unpaired) electrons. The number of aromatic nitrogens is 2. The van der Waals surface area contributed by atoms with Gasteiger partial charge < -0.3 is 9.72 Å². The van der Waals surface area contributed by atoms with Crippen LogP contribution in [0.15, 0.2) is 162 Å². The zero-order valence-corrected chi connectivity index (χ0v) is 27.4. The molecule has 48 heavy (non-hydrogen) atoms. The third-order valence-corrected chi connectivity index (χ3v) is 10.5. The van der Waals surface area contributed by atoms with Gasteiger partial charge in [-0.25, -0.2) is 4.98 Å². The van der Waals surface area contributed by atoms with Gasteiger partial charge in [-0.15, -0.1) is 22.7 Å². The molecule has 4 aromatic heterocycles. The molecule has 4 heterocycles. The third-order valence-electron chi connectivity index (χ3n) is 8.66. The summed E-state index contributed by atoms with van der Waals surface area (Å²) in [5.74, 6) is 1.29. The van der Waals surface area contributed by atoms with Crippen LogP contribution in [-0.4, -0.2) is 9.97 Å². The fourth-order valence-corrected chi connectivity index (χ4v) is 7.78. The number of nitrogens with zero attached hydrogens (tertiary/aromatic N) is 1. The molecule has 0 aliphatic heterocycles. The Kier molecular flexibility index (Phi) is 7.19. The van der Waals surface area contributed by atoms with E-state index in [1.165, 1.54) is 20.7 Å². The number of benzene rings is 5. The molecule has 3 nitrogen and oxygen atoms in total. The van der Waals surface area contributed by atoms with E-state index in [-0.39, 0.29) is 0 Å². The summed E-state index contributed by atoms with van der Waals surface area (Å²) in [4.78, 5) is 11.2. The zero-order valence-electron chi connectivity index (χ0n) is 25.8. The lowest BCUT2D eigenvalue weighted by Crippen LogP contribution is -1.93. The van der Waals surface area contributed by atoms with E-state index in [4.69, 9.17) is 9.72 Å². The number of H-pyrrole nitrogens is 1. The van der Waals surface area contributed by atoms with Crippen LogP contribution in [-0.2, 0) is 0 Å². The number of fused-ring (bicyclic) bond motifs is 3. The Morgan fingerprint density at radius 3 is 1.77 bits per heavy atom. The van der Waals surface area contributed by atoms with Gasteiger partial charge >= 0.3 is 0 Å². The number of thiophene rings is 2. The molecule has 0 atom stereocenters. The minimum absolute atomic E-state index is 0.543. The molecule has 0 saturated heterocycles. The van der Waals surface area contributed by atoms with Crippen molar-refractivity contribution in [2.24, 2.45) is 0 Å². The minimum Gasteiger partial charge on any atom is -0.437 e. The average molecular weight is 653 g/mol. The SMILES string of the molecule is c1ccc(-c2cc(-c3ccccc3)cc(-c3cccc(Oc4cc(-c5cccs5)cc5c4[nH]c4ccc(-c6cccs6)cc45)n3)c2)cc1. The molecule has 5 heteroatoms. The van der Waals surface area contributed by atoms with Crippen molar-refractivity contribution >= 4 is 44.5 Å². The highest BCUT2D eigenvalue weighted by molar-refractivity contribution is 7.13. The van der Waals surface area contributed by atoms with Crippen LogP contribution in [0.2, 0.25) is 0 Å². The lowest BCUT2D eigenvalue weighted by Gasteiger charge is -2.12. The minimum atomic E-state index is 0.543. The van der Waals surface area contributed by atoms with Crippen molar-refractivity contribution in [3.63, 3.8) is 0 Å². The summed E-state index contributed by atoms with van der Waals surface area (Å²) < 4.78 is 6.72. The number of rotatable bonds is 7. The standard InChI is InChI=1S/C43H28N2OS2/c1-3-10-28(11-4-1)31-22-32(29-12-5-2-6-13-29)24-33(23-31)37-14-7-17-42(44-37)46-39-27-34(41-16-9-21-48-41)26-36-35-25-30(40-15-8-20-47-40)18-19-38(35)45-43(36)39/h1-27,45H. The quantitative estimate of drug-likeness (QED) is 0.186. The van der Waals surface area contributed by atoms with Crippen molar-refractivity contribution in [2.45, 2.75) is 0 Å². The number of hydrogen-bond donors (Lipinski definition) is 1. The summed E-state index contributed by atoms with van der Waals surface area (Å²) in [6, 6.07) is 53.3. The molecular formula is C43H28N2OS2. The number of aromatic amines is 1. The Bertz CT molecular complexity index is 2460. The van der Waals surface area contributed by atoms with E-state index in [1.807, 2.05) is 24.3 Å². The molecule has 0 spiro atoms. The average Bonchev–Trinajstić information content (AvgIpc) is 3.95. The molecule has 0 aliphatic carbocycles. The smallest absolute Gasteiger partial charge is 0.219 e. The summed E-state index contributed by atoms with van der Waals surface area (Å²) in [6.07, 6.45) is 0. The van der Waals surface area contributed by atoms with Gasteiger partial charge in [0, 0.05) is 37.7 Å². The number of pyridine rings is 1. The van der Waals surface area contributed by atoms with Crippen LogP contribution in [0, 0.1) is 0 Å². The van der Waals surface area contributed by atoms with Crippen LogP contribution in [0.5, 0.6) is 11.6 Å². The third kappa shape index (κ3) is 5.39. The highest BCUT2D eigenvalue weighted by atomic mass is 32.1. The van der Waals surface area contributed by atoms with Crippen molar-refractivity contribution in [3.8, 4) is 66.0 Å². The maximum atomic E-state index is 6.72. The first-order valence-electron chi connectivity index (χ1n) is 15.8. The van der Waals surface area contributed by atoms with Crippen molar-refractivity contribution < 1.29 is 4.74 Å². The number of nitrogens with one attached hydrogen (secondary N) is 1. The summed E-state index contributed by atoms with van der Waals surface area (Å²) in [7, 11) is 0. The zero-order chi connectivity index (χ0) is 31.9. The highest BCUT2D eigenvalue weighted by Gasteiger charge is 2.16. The van der Waals surface area contributed by atoms with E-state index in [0.29, 0.717) is 5.88 Å². The highest BCUT2D eigenvalue weighted by Crippen LogP contribution is 2.41. The predicted molar refractivity (Wildman–Crippen MR) is 203 cm³/mol. The lowest BCUT2D eigenvalue weighted by atomic mass is 9.95. The summed E-state index contributed by atoms with van der Waals surface area (Å²) in [5, 5.41) is 6.54. The van der Waals surface area contributed by atoms with E-state index in [1.54, 1.807) is 22.7 Å². The van der Waals surface area contributed by atoms with Gasteiger partial charge in [-0.3, -0.25) is 0 Å². The Balaban J connectivity index is 1.16. The molecular weight excluding hydrogens is 625 g/mol. The molecule has 0 amide bonds. The second kappa shape index (κ2) is 12.1. The normalized spacial score (nSPS) is 11.3. The molecule has 0 saturated carbocycles. The second-order valence-electron chi connectivity index (χ2n) is 11.7. The summed E-state index contributed by atoms with van der Waals surface area (Å²) in [6.45, 7) is 0. The van der Waals surface area contributed by atoms with Crippen LogP contribution in [0.4, 0.5) is 0 Å². The molecule has 5 aromatic carbocycles. The van der Waals surface area contributed by atoms with Crippen LogP contribution in [0.3, 0.4) is 0 Å². The van der Waals surface area contributed by atoms with Gasteiger partial charge in [0.15, 0.2) is 5.75 Å². The lowest BCUT2D eigenvalue weighted by molar-refractivity contribution is 0.468.